The molecule has 2 aromatic heterocycles. The highest BCUT2D eigenvalue weighted by Crippen LogP contribution is 2.32. The van der Waals surface area contributed by atoms with Gasteiger partial charge in [0.25, 0.3) is 0 Å². The molecule has 1 aliphatic rings. The molecular formula is C42H42Cl2N4O6. The molecule has 54 heavy (non-hydrogen) atoms. The summed E-state index contributed by atoms with van der Waals surface area (Å²) in [4.78, 5) is 14.4. The first kappa shape index (κ1) is 37.3. The highest BCUT2D eigenvalue weighted by Gasteiger charge is 2.16. The zero-order valence-corrected chi connectivity index (χ0v) is 31.8. The van der Waals surface area contributed by atoms with Gasteiger partial charge in [-0.05, 0) is 72.8 Å². The van der Waals surface area contributed by atoms with E-state index in [0.29, 0.717) is 110 Å². The van der Waals surface area contributed by atoms with E-state index in [1.807, 2.05) is 97.1 Å². The Bertz CT molecular complexity index is 1990. The summed E-state index contributed by atoms with van der Waals surface area (Å²) >= 11 is 13.0. The second-order valence-corrected chi connectivity index (χ2v) is 13.6. The standard InChI is InChI=1S/C42H42Cl2N4O6/c1-49-39-17-15-33(43)31-13-11-29(45-41(31)39)27-47-19-23-51-35-7-3-5-9-37(35)53-25-21-48(22-26-54-38-10-6-4-8-36(38)52-24-20-47)28-30-12-14-32-34(44)16-18-40(50-2)42(32)46-30/h3-18H,19-28H2,1-2H3. The molecule has 4 aromatic carbocycles. The lowest BCUT2D eigenvalue weighted by Crippen LogP contribution is -2.33. The number of pyridine rings is 2. The minimum Gasteiger partial charge on any atom is -0.494 e. The predicted octanol–water partition coefficient (Wildman–Crippen LogP) is 8.34. The number of nitrogens with zero attached hydrogens (tertiary/aromatic N) is 4. The normalized spacial score (nSPS) is 15.0. The molecule has 0 N–H and O–H groups in total. The fourth-order valence-corrected chi connectivity index (χ4v) is 6.85. The van der Waals surface area contributed by atoms with Gasteiger partial charge < -0.3 is 28.4 Å². The van der Waals surface area contributed by atoms with E-state index in [-0.39, 0.29) is 0 Å². The molecule has 6 aromatic rings. The molecular weight excluding hydrogens is 727 g/mol. The van der Waals surface area contributed by atoms with Gasteiger partial charge >= 0.3 is 0 Å². The molecule has 0 bridgehead atoms. The first-order valence-electron chi connectivity index (χ1n) is 17.9. The average molecular weight is 770 g/mol. The summed E-state index contributed by atoms with van der Waals surface area (Å²) in [6, 6.07) is 30.8. The summed E-state index contributed by atoms with van der Waals surface area (Å²) in [6.45, 7) is 5.30. The SMILES string of the molecule is COc1ccc(Cl)c2ccc(CN3CCOc4ccccc4OCCN(Cc4ccc5c(Cl)ccc(OC)c5n4)CCOc4ccccc4OCC3)nc12. The largest absolute Gasteiger partial charge is 0.494 e. The highest BCUT2D eigenvalue weighted by atomic mass is 35.5. The number of para-hydroxylation sites is 4. The molecule has 1 aliphatic heterocycles. The smallest absolute Gasteiger partial charge is 0.161 e. The molecule has 0 fully saturated rings. The van der Waals surface area contributed by atoms with Crippen LogP contribution in [-0.2, 0) is 13.1 Å². The fourth-order valence-electron chi connectivity index (χ4n) is 6.42. The number of aromatic nitrogens is 2. The van der Waals surface area contributed by atoms with Crippen LogP contribution in [0.3, 0.4) is 0 Å². The van der Waals surface area contributed by atoms with E-state index in [4.69, 9.17) is 61.6 Å². The predicted molar refractivity (Wildman–Crippen MR) is 212 cm³/mol. The molecule has 7 rings (SSSR count). The van der Waals surface area contributed by atoms with E-state index < -0.39 is 0 Å². The lowest BCUT2D eigenvalue weighted by atomic mass is 10.2. The Balaban J connectivity index is 1.10. The average Bonchev–Trinajstić information content (AvgIpc) is 3.19. The van der Waals surface area contributed by atoms with Crippen molar-refractivity contribution >= 4 is 45.0 Å². The Morgan fingerprint density at radius 1 is 0.500 bits per heavy atom. The van der Waals surface area contributed by atoms with Crippen LogP contribution in [0, 0.1) is 0 Å². The molecule has 280 valence electrons. The molecule has 0 unspecified atom stereocenters. The first-order chi connectivity index (χ1) is 26.5. The van der Waals surface area contributed by atoms with Crippen LogP contribution in [0.1, 0.15) is 11.4 Å². The maximum Gasteiger partial charge on any atom is 0.161 e. The van der Waals surface area contributed by atoms with Crippen molar-refractivity contribution in [3.63, 3.8) is 0 Å². The molecule has 0 atom stereocenters. The quantitative estimate of drug-likeness (QED) is 0.165. The maximum absolute atomic E-state index is 6.48. The number of ether oxygens (including phenoxy) is 6. The molecule has 0 spiro atoms. The summed E-state index contributed by atoms with van der Waals surface area (Å²) in [5.74, 6) is 4.08. The fraction of sp³-hybridized carbons (Fsp3) is 0.286. The molecule has 3 heterocycles. The van der Waals surface area contributed by atoms with Crippen molar-refractivity contribution in [2.24, 2.45) is 0 Å². The van der Waals surface area contributed by atoms with E-state index in [0.717, 1.165) is 33.2 Å². The lowest BCUT2D eigenvalue weighted by Gasteiger charge is -2.25. The van der Waals surface area contributed by atoms with Crippen LogP contribution < -0.4 is 28.4 Å². The molecule has 0 saturated heterocycles. The molecule has 0 radical (unpaired) electrons. The Hall–Kier alpha value is -5.00. The Labute approximate surface area is 325 Å². The van der Waals surface area contributed by atoms with Crippen LogP contribution in [-0.4, -0.2) is 86.6 Å². The van der Waals surface area contributed by atoms with Gasteiger partial charge in [0.2, 0.25) is 0 Å². The van der Waals surface area contributed by atoms with Gasteiger partial charge in [0, 0.05) is 50.0 Å². The zero-order chi connectivity index (χ0) is 37.3. The minimum absolute atomic E-state index is 0.427. The number of fused-ring (bicyclic) bond motifs is 4. The van der Waals surface area contributed by atoms with Crippen molar-refractivity contribution < 1.29 is 28.4 Å². The van der Waals surface area contributed by atoms with Crippen molar-refractivity contribution in [1.29, 1.82) is 0 Å². The van der Waals surface area contributed by atoms with Gasteiger partial charge in [-0.2, -0.15) is 0 Å². The minimum atomic E-state index is 0.427. The lowest BCUT2D eigenvalue weighted by molar-refractivity contribution is 0.148. The van der Waals surface area contributed by atoms with Crippen molar-refractivity contribution in [3.05, 3.63) is 118 Å². The number of hydrogen-bond acceptors (Lipinski definition) is 10. The third-order valence-electron chi connectivity index (χ3n) is 9.22. The van der Waals surface area contributed by atoms with Crippen LogP contribution in [0.2, 0.25) is 10.0 Å². The van der Waals surface area contributed by atoms with Gasteiger partial charge in [-0.1, -0.05) is 47.5 Å². The van der Waals surface area contributed by atoms with Crippen molar-refractivity contribution in [2.45, 2.75) is 13.1 Å². The summed E-state index contributed by atoms with van der Waals surface area (Å²) in [5.41, 5.74) is 3.21. The van der Waals surface area contributed by atoms with Crippen LogP contribution in [0.15, 0.2) is 97.1 Å². The topological polar surface area (TPSA) is 87.6 Å². The summed E-state index contributed by atoms with van der Waals surface area (Å²) in [7, 11) is 3.27. The van der Waals surface area contributed by atoms with Gasteiger partial charge in [0.1, 0.15) is 49.0 Å². The van der Waals surface area contributed by atoms with Gasteiger partial charge in [0.05, 0.1) is 35.7 Å². The zero-order valence-electron chi connectivity index (χ0n) is 30.3. The number of halogens is 2. The second-order valence-electron chi connectivity index (χ2n) is 12.7. The first-order valence-corrected chi connectivity index (χ1v) is 18.6. The number of methoxy groups -OCH3 is 2. The van der Waals surface area contributed by atoms with Crippen LogP contribution in [0.25, 0.3) is 21.8 Å². The van der Waals surface area contributed by atoms with Gasteiger partial charge in [-0.3, -0.25) is 9.80 Å². The van der Waals surface area contributed by atoms with Gasteiger partial charge in [-0.25, -0.2) is 9.97 Å². The monoisotopic (exact) mass is 768 g/mol. The third-order valence-corrected chi connectivity index (χ3v) is 9.88. The van der Waals surface area contributed by atoms with Crippen LogP contribution in [0.5, 0.6) is 34.5 Å². The van der Waals surface area contributed by atoms with E-state index >= 15 is 0 Å². The maximum atomic E-state index is 6.48. The summed E-state index contributed by atoms with van der Waals surface area (Å²) < 4.78 is 36.6. The van der Waals surface area contributed by atoms with Crippen molar-refractivity contribution in [1.82, 2.24) is 19.8 Å². The van der Waals surface area contributed by atoms with E-state index in [1.165, 1.54) is 0 Å². The van der Waals surface area contributed by atoms with Crippen molar-refractivity contribution in [2.75, 3.05) is 66.8 Å². The molecule has 10 nitrogen and oxygen atoms in total. The van der Waals surface area contributed by atoms with E-state index in [9.17, 15) is 0 Å². The second kappa shape index (κ2) is 17.9. The summed E-state index contributed by atoms with van der Waals surface area (Å²) in [5, 5.41) is 2.95. The molecule has 0 aliphatic carbocycles. The molecule has 12 heteroatoms. The molecule has 0 saturated carbocycles. The van der Waals surface area contributed by atoms with Gasteiger partial charge in [-0.15, -0.1) is 0 Å². The van der Waals surface area contributed by atoms with E-state index in [1.54, 1.807) is 14.2 Å². The summed E-state index contributed by atoms with van der Waals surface area (Å²) in [6.07, 6.45) is 0. The number of rotatable bonds is 6. The Kier molecular flexibility index (Phi) is 12.4. The Morgan fingerprint density at radius 2 is 0.852 bits per heavy atom. The van der Waals surface area contributed by atoms with Crippen LogP contribution >= 0.6 is 23.2 Å². The van der Waals surface area contributed by atoms with Gasteiger partial charge in [0.15, 0.2) is 23.0 Å². The molecule has 0 amide bonds. The van der Waals surface area contributed by atoms with E-state index in [2.05, 4.69) is 9.80 Å². The van der Waals surface area contributed by atoms with Crippen LogP contribution in [0.4, 0.5) is 0 Å². The number of benzene rings is 4. The third kappa shape index (κ3) is 9.02. The highest BCUT2D eigenvalue weighted by molar-refractivity contribution is 6.36. The Morgan fingerprint density at radius 3 is 1.19 bits per heavy atom. The van der Waals surface area contributed by atoms with Crippen molar-refractivity contribution in [3.8, 4) is 34.5 Å². The number of hydrogen-bond donors (Lipinski definition) is 0.